The molecule has 0 bridgehead atoms. The zero-order valence-electron chi connectivity index (χ0n) is 18.6. The highest BCUT2D eigenvalue weighted by Gasteiger charge is 2.52. The molecule has 4 nitrogen and oxygen atoms in total. The molecule has 1 aromatic carbocycles. The Labute approximate surface area is 181 Å². The summed E-state index contributed by atoms with van der Waals surface area (Å²) < 4.78 is 5.95. The summed E-state index contributed by atoms with van der Waals surface area (Å²) in [6.07, 6.45) is 7.46. The Morgan fingerprint density at radius 3 is 2.60 bits per heavy atom. The van der Waals surface area contributed by atoms with Gasteiger partial charge in [-0.2, -0.15) is 0 Å². The van der Waals surface area contributed by atoms with Crippen molar-refractivity contribution in [3.05, 3.63) is 47.5 Å². The number of hydrogen-bond donors (Lipinski definition) is 0. The molecule has 162 valence electrons. The Morgan fingerprint density at radius 2 is 1.83 bits per heavy atom. The first kappa shape index (κ1) is 20.3. The average molecular weight is 409 g/mol. The van der Waals surface area contributed by atoms with E-state index in [0.717, 1.165) is 45.7 Å². The van der Waals surface area contributed by atoms with Gasteiger partial charge in [0.2, 0.25) is 0 Å². The second-order valence-corrected chi connectivity index (χ2v) is 10.4. The highest BCUT2D eigenvalue weighted by molar-refractivity contribution is 5.76. The molecule has 0 aromatic heterocycles. The van der Waals surface area contributed by atoms with Crippen molar-refractivity contribution in [2.45, 2.75) is 52.2 Å². The van der Waals surface area contributed by atoms with E-state index < -0.39 is 0 Å². The molecule has 30 heavy (non-hydrogen) atoms. The SMILES string of the molecule is C[C@@H]1CCC[C@]2(C)C[C@H]3OC(=O)[C@@H](CN4CCN(Cc5ccccc5)CC4)[C@H]3C=C12. The zero-order chi connectivity index (χ0) is 20.7. The van der Waals surface area contributed by atoms with Crippen LogP contribution in [0.2, 0.25) is 0 Å². The van der Waals surface area contributed by atoms with E-state index in [2.05, 4.69) is 60.1 Å². The molecule has 4 heteroatoms. The quantitative estimate of drug-likeness (QED) is 0.554. The molecular weight excluding hydrogens is 372 g/mol. The molecule has 2 aliphatic carbocycles. The number of fused-ring (bicyclic) bond motifs is 2. The van der Waals surface area contributed by atoms with Crippen LogP contribution in [0, 0.1) is 23.2 Å². The van der Waals surface area contributed by atoms with E-state index in [-0.39, 0.29) is 29.3 Å². The summed E-state index contributed by atoms with van der Waals surface area (Å²) in [7, 11) is 0. The molecule has 5 rings (SSSR count). The third-order valence-electron chi connectivity index (χ3n) is 8.25. The maximum Gasteiger partial charge on any atom is 0.311 e. The van der Waals surface area contributed by atoms with E-state index in [1.807, 2.05) is 0 Å². The van der Waals surface area contributed by atoms with Crippen molar-refractivity contribution < 1.29 is 9.53 Å². The predicted molar refractivity (Wildman–Crippen MR) is 119 cm³/mol. The summed E-state index contributed by atoms with van der Waals surface area (Å²) >= 11 is 0. The van der Waals surface area contributed by atoms with Crippen molar-refractivity contribution in [2.24, 2.45) is 23.2 Å². The van der Waals surface area contributed by atoms with Crippen LogP contribution >= 0.6 is 0 Å². The Kier molecular flexibility index (Phi) is 5.49. The lowest BCUT2D eigenvalue weighted by Crippen LogP contribution is -2.48. The van der Waals surface area contributed by atoms with Crippen LogP contribution in [0.25, 0.3) is 0 Å². The second-order valence-electron chi connectivity index (χ2n) is 10.4. The molecule has 0 N–H and O–H groups in total. The number of benzene rings is 1. The largest absolute Gasteiger partial charge is 0.461 e. The highest BCUT2D eigenvalue weighted by Crippen LogP contribution is 2.54. The third-order valence-corrected chi connectivity index (χ3v) is 8.25. The molecule has 0 unspecified atom stereocenters. The molecule has 3 fully saturated rings. The van der Waals surface area contributed by atoms with E-state index >= 15 is 0 Å². The van der Waals surface area contributed by atoms with Gasteiger partial charge in [0.05, 0.1) is 5.92 Å². The van der Waals surface area contributed by atoms with E-state index in [4.69, 9.17) is 4.74 Å². The molecule has 1 saturated carbocycles. The zero-order valence-corrected chi connectivity index (χ0v) is 18.6. The van der Waals surface area contributed by atoms with Crippen molar-refractivity contribution in [1.29, 1.82) is 0 Å². The standard InChI is InChI=1S/C26H36N2O2/c1-19-7-6-10-26(2)16-24-21(15-23(19)26)22(25(29)30-24)18-28-13-11-27(12-14-28)17-20-8-4-3-5-9-20/h3-5,8-9,15,19,21-22,24H,6-7,10-14,16-18H2,1-2H3/t19-,21-,22+,24-,26-/m1/s1. The van der Waals surface area contributed by atoms with Gasteiger partial charge in [0.25, 0.3) is 0 Å². The Hall–Kier alpha value is -1.65. The minimum atomic E-state index is 0.0156. The van der Waals surface area contributed by atoms with Crippen LogP contribution in [-0.4, -0.2) is 54.6 Å². The van der Waals surface area contributed by atoms with Crippen LogP contribution in [-0.2, 0) is 16.1 Å². The molecule has 5 atom stereocenters. The first-order valence-corrected chi connectivity index (χ1v) is 11.9. The normalized spacial score (nSPS) is 37.3. The Morgan fingerprint density at radius 1 is 1.10 bits per heavy atom. The van der Waals surface area contributed by atoms with Gasteiger partial charge in [-0.05, 0) is 36.2 Å². The molecular formula is C26H36N2O2. The van der Waals surface area contributed by atoms with E-state index in [1.165, 1.54) is 24.8 Å². The van der Waals surface area contributed by atoms with Gasteiger partial charge in [-0.25, -0.2) is 0 Å². The molecule has 2 aliphatic heterocycles. The van der Waals surface area contributed by atoms with Crippen molar-refractivity contribution in [3.8, 4) is 0 Å². The van der Waals surface area contributed by atoms with E-state index in [0.29, 0.717) is 5.92 Å². The molecule has 2 saturated heterocycles. The monoisotopic (exact) mass is 408 g/mol. The van der Waals surface area contributed by atoms with Gasteiger partial charge in [0, 0.05) is 45.2 Å². The maximum atomic E-state index is 12.8. The highest BCUT2D eigenvalue weighted by atomic mass is 16.6. The number of allylic oxidation sites excluding steroid dienone is 1. The van der Waals surface area contributed by atoms with Crippen molar-refractivity contribution in [2.75, 3.05) is 32.7 Å². The summed E-state index contributed by atoms with van der Waals surface area (Å²) in [5, 5.41) is 0. The fourth-order valence-corrected chi connectivity index (χ4v) is 6.51. The molecule has 0 amide bonds. The number of ether oxygens (including phenoxy) is 1. The minimum Gasteiger partial charge on any atom is -0.461 e. The van der Waals surface area contributed by atoms with Gasteiger partial charge in [-0.1, -0.05) is 62.2 Å². The van der Waals surface area contributed by atoms with Crippen molar-refractivity contribution in [3.63, 3.8) is 0 Å². The van der Waals surface area contributed by atoms with Gasteiger partial charge in [-0.15, -0.1) is 0 Å². The summed E-state index contributed by atoms with van der Waals surface area (Å²) in [6, 6.07) is 10.7. The predicted octanol–water partition coefficient (Wildman–Crippen LogP) is 4.12. The van der Waals surface area contributed by atoms with Gasteiger partial charge >= 0.3 is 5.97 Å². The van der Waals surface area contributed by atoms with E-state index in [1.54, 1.807) is 5.57 Å². The maximum absolute atomic E-state index is 12.8. The average Bonchev–Trinajstić information content (AvgIpc) is 3.02. The Balaban J connectivity index is 1.22. The number of piperazine rings is 1. The number of esters is 1. The lowest BCUT2D eigenvalue weighted by Gasteiger charge is -2.46. The molecule has 1 aromatic rings. The van der Waals surface area contributed by atoms with Crippen LogP contribution in [0.5, 0.6) is 0 Å². The Bertz CT molecular complexity index is 799. The van der Waals surface area contributed by atoms with Crippen molar-refractivity contribution >= 4 is 5.97 Å². The molecule has 4 aliphatic rings. The summed E-state index contributed by atoms with van der Waals surface area (Å²) in [5.74, 6) is 0.997. The van der Waals surface area contributed by atoms with Gasteiger partial charge in [0.15, 0.2) is 0 Å². The van der Waals surface area contributed by atoms with E-state index in [9.17, 15) is 4.79 Å². The minimum absolute atomic E-state index is 0.0156. The summed E-state index contributed by atoms with van der Waals surface area (Å²) in [6.45, 7) is 10.9. The van der Waals surface area contributed by atoms with Crippen LogP contribution in [0.15, 0.2) is 42.0 Å². The first-order valence-electron chi connectivity index (χ1n) is 11.9. The van der Waals surface area contributed by atoms with Crippen LogP contribution in [0.1, 0.15) is 45.1 Å². The van der Waals surface area contributed by atoms with Gasteiger partial charge < -0.3 is 4.74 Å². The van der Waals surface area contributed by atoms with Crippen LogP contribution in [0.3, 0.4) is 0 Å². The van der Waals surface area contributed by atoms with Gasteiger partial charge in [0.1, 0.15) is 6.10 Å². The number of rotatable bonds is 4. The third kappa shape index (κ3) is 3.85. The van der Waals surface area contributed by atoms with Crippen molar-refractivity contribution in [1.82, 2.24) is 9.80 Å². The van der Waals surface area contributed by atoms with Gasteiger partial charge in [-0.3, -0.25) is 14.6 Å². The topological polar surface area (TPSA) is 32.8 Å². The number of carbonyl (C=O) groups is 1. The number of carbonyl (C=O) groups excluding carboxylic acids is 1. The second kappa shape index (κ2) is 8.12. The molecule has 2 heterocycles. The lowest BCUT2D eigenvalue weighted by molar-refractivity contribution is -0.145. The number of nitrogens with zero attached hydrogens (tertiary/aromatic N) is 2. The molecule has 0 spiro atoms. The summed E-state index contributed by atoms with van der Waals surface area (Å²) in [5.41, 5.74) is 3.24. The lowest BCUT2D eigenvalue weighted by atomic mass is 9.59. The van der Waals surface area contributed by atoms with Crippen LogP contribution < -0.4 is 0 Å². The molecule has 0 radical (unpaired) electrons. The smallest absolute Gasteiger partial charge is 0.311 e. The summed E-state index contributed by atoms with van der Waals surface area (Å²) in [4.78, 5) is 17.8. The fourth-order valence-electron chi connectivity index (χ4n) is 6.51. The van der Waals surface area contributed by atoms with Crippen LogP contribution in [0.4, 0.5) is 0 Å². The number of hydrogen-bond acceptors (Lipinski definition) is 4. The fraction of sp³-hybridized carbons (Fsp3) is 0.654. The first-order chi connectivity index (χ1) is 14.5.